The highest BCUT2D eigenvalue weighted by Gasteiger charge is 2.05. The summed E-state index contributed by atoms with van der Waals surface area (Å²) in [5.41, 5.74) is 0.328. The van der Waals surface area contributed by atoms with Gasteiger partial charge in [-0.2, -0.15) is 5.26 Å². The third-order valence-electron chi connectivity index (χ3n) is 1.11. The van der Waals surface area contributed by atoms with Crippen LogP contribution in [-0.4, -0.2) is 0 Å². The van der Waals surface area contributed by atoms with Crippen molar-refractivity contribution in [1.29, 1.82) is 5.26 Å². The maximum Gasteiger partial charge on any atom is 0.139 e. The molecule has 0 saturated carbocycles. The Kier molecular flexibility index (Phi) is 2.84. The predicted molar refractivity (Wildman–Crippen MR) is 51.5 cm³/mol. The van der Waals surface area contributed by atoms with Gasteiger partial charge in [0.15, 0.2) is 0 Å². The van der Waals surface area contributed by atoms with Gasteiger partial charge >= 0.3 is 0 Å². The van der Waals surface area contributed by atoms with E-state index < -0.39 is 5.82 Å². The number of benzene rings is 1. The largest absolute Gasteiger partial charge is 0.206 e. The highest BCUT2D eigenvalue weighted by Crippen LogP contribution is 2.22. The first-order valence-electron chi connectivity index (χ1n) is 2.70. The van der Waals surface area contributed by atoms with Crippen molar-refractivity contribution in [3.8, 4) is 6.07 Å². The normalized spacial score (nSPS) is 9.27. The number of rotatable bonds is 0. The van der Waals surface area contributed by atoms with Crippen LogP contribution in [0, 0.1) is 20.7 Å². The molecule has 0 saturated heterocycles. The van der Waals surface area contributed by atoms with Crippen LogP contribution in [-0.2, 0) is 0 Å². The van der Waals surface area contributed by atoms with E-state index >= 15 is 0 Å². The molecule has 0 aliphatic carbocycles. The molecular formula is C7H2BrFIN. The number of halogens is 3. The van der Waals surface area contributed by atoms with Crippen molar-refractivity contribution >= 4 is 38.5 Å². The standard InChI is InChI=1S/C7H2BrFIN/c8-7-4(3-11)1-5(10)2-6(7)9/h1-2H. The third-order valence-corrected chi connectivity index (χ3v) is 2.54. The number of nitriles is 1. The van der Waals surface area contributed by atoms with E-state index in [1.165, 1.54) is 6.07 Å². The van der Waals surface area contributed by atoms with E-state index in [4.69, 9.17) is 5.26 Å². The number of hydrogen-bond donors (Lipinski definition) is 0. The van der Waals surface area contributed by atoms with Crippen LogP contribution in [0.5, 0.6) is 0 Å². The molecule has 1 nitrogen and oxygen atoms in total. The van der Waals surface area contributed by atoms with E-state index in [0.717, 1.165) is 3.57 Å². The summed E-state index contributed by atoms with van der Waals surface area (Å²) in [5, 5.41) is 8.52. The first kappa shape index (κ1) is 8.94. The Labute approximate surface area is 85.5 Å². The van der Waals surface area contributed by atoms with Gasteiger partial charge in [0.05, 0.1) is 10.0 Å². The Morgan fingerprint density at radius 1 is 1.55 bits per heavy atom. The average Bonchev–Trinajstić information content (AvgIpc) is 1.96. The molecule has 0 unspecified atom stereocenters. The van der Waals surface area contributed by atoms with Crippen molar-refractivity contribution < 1.29 is 4.39 Å². The highest BCUT2D eigenvalue weighted by molar-refractivity contribution is 14.1. The van der Waals surface area contributed by atoms with Crippen LogP contribution in [0.1, 0.15) is 5.56 Å². The SMILES string of the molecule is N#Cc1cc(I)cc(F)c1Br. The molecule has 0 radical (unpaired) electrons. The molecule has 0 fully saturated rings. The van der Waals surface area contributed by atoms with E-state index in [1.54, 1.807) is 6.07 Å². The third kappa shape index (κ3) is 1.91. The Morgan fingerprint density at radius 3 is 2.73 bits per heavy atom. The van der Waals surface area contributed by atoms with Gasteiger partial charge in [-0.3, -0.25) is 0 Å². The van der Waals surface area contributed by atoms with Crippen LogP contribution >= 0.6 is 38.5 Å². The van der Waals surface area contributed by atoms with Crippen LogP contribution in [0.4, 0.5) is 4.39 Å². The predicted octanol–water partition coefficient (Wildman–Crippen LogP) is 3.06. The van der Waals surface area contributed by atoms with Gasteiger partial charge in [0.1, 0.15) is 11.9 Å². The zero-order valence-corrected chi connectivity index (χ0v) is 8.98. The monoisotopic (exact) mass is 325 g/mol. The molecule has 0 aliphatic heterocycles. The van der Waals surface area contributed by atoms with Gasteiger partial charge in [-0.15, -0.1) is 0 Å². The minimum Gasteiger partial charge on any atom is -0.206 e. The topological polar surface area (TPSA) is 23.8 Å². The molecule has 0 aromatic heterocycles. The summed E-state index contributed by atoms with van der Waals surface area (Å²) in [6.07, 6.45) is 0. The van der Waals surface area contributed by atoms with E-state index in [9.17, 15) is 4.39 Å². The minimum atomic E-state index is -0.395. The Balaban J connectivity index is 3.39. The maximum absolute atomic E-state index is 12.8. The summed E-state index contributed by atoms with van der Waals surface area (Å²) < 4.78 is 13.8. The summed E-state index contributed by atoms with van der Waals surface area (Å²) in [6, 6.07) is 4.87. The van der Waals surface area contributed by atoms with Crippen LogP contribution in [0.15, 0.2) is 16.6 Å². The first-order chi connectivity index (χ1) is 5.15. The summed E-state index contributed by atoms with van der Waals surface area (Å²) >= 11 is 4.93. The van der Waals surface area contributed by atoms with Crippen LogP contribution in [0.25, 0.3) is 0 Å². The minimum absolute atomic E-state index is 0.236. The summed E-state index contributed by atoms with van der Waals surface area (Å²) in [7, 11) is 0. The van der Waals surface area contributed by atoms with Crippen LogP contribution in [0.2, 0.25) is 0 Å². The zero-order valence-electron chi connectivity index (χ0n) is 5.24. The molecule has 1 aromatic rings. The highest BCUT2D eigenvalue weighted by atomic mass is 127. The van der Waals surface area contributed by atoms with Crippen molar-refractivity contribution in [3.05, 3.63) is 31.6 Å². The molecule has 0 N–H and O–H groups in total. The van der Waals surface area contributed by atoms with Gasteiger partial charge < -0.3 is 0 Å². The molecule has 0 aliphatic rings. The van der Waals surface area contributed by atoms with Crippen molar-refractivity contribution in [3.63, 3.8) is 0 Å². The maximum atomic E-state index is 12.8. The second kappa shape index (κ2) is 3.50. The molecule has 0 spiro atoms. The van der Waals surface area contributed by atoms with Crippen molar-refractivity contribution in [2.75, 3.05) is 0 Å². The Bertz CT molecular complexity index is 332. The van der Waals surface area contributed by atoms with E-state index in [0.29, 0.717) is 5.56 Å². The summed E-state index contributed by atoms with van der Waals surface area (Å²) in [6.45, 7) is 0. The molecule has 11 heavy (non-hydrogen) atoms. The second-order valence-electron chi connectivity index (χ2n) is 1.86. The Morgan fingerprint density at radius 2 is 2.18 bits per heavy atom. The molecule has 4 heteroatoms. The average molecular weight is 326 g/mol. The summed E-state index contributed by atoms with van der Waals surface area (Å²) in [4.78, 5) is 0. The molecule has 1 aromatic carbocycles. The van der Waals surface area contributed by atoms with Gasteiger partial charge in [0.25, 0.3) is 0 Å². The smallest absolute Gasteiger partial charge is 0.139 e. The fourth-order valence-electron chi connectivity index (χ4n) is 0.637. The molecule has 0 amide bonds. The molecule has 0 atom stereocenters. The first-order valence-corrected chi connectivity index (χ1v) is 4.57. The Hall–Kier alpha value is -0.150. The molecule has 0 bridgehead atoms. The lowest BCUT2D eigenvalue weighted by molar-refractivity contribution is 0.619. The molecule has 56 valence electrons. The second-order valence-corrected chi connectivity index (χ2v) is 3.90. The zero-order chi connectivity index (χ0) is 8.43. The molecule has 1 rings (SSSR count). The van der Waals surface area contributed by atoms with Gasteiger partial charge in [-0.1, -0.05) is 0 Å². The number of nitrogens with zero attached hydrogens (tertiary/aromatic N) is 1. The van der Waals surface area contributed by atoms with Gasteiger partial charge in [-0.25, -0.2) is 4.39 Å². The molecule has 0 heterocycles. The van der Waals surface area contributed by atoms with Gasteiger partial charge in [0, 0.05) is 3.57 Å². The molecular weight excluding hydrogens is 324 g/mol. The van der Waals surface area contributed by atoms with Gasteiger partial charge in [-0.05, 0) is 50.7 Å². The van der Waals surface area contributed by atoms with Crippen LogP contribution < -0.4 is 0 Å². The fourth-order valence-corrected chi connectivity index (χ4v) is 1.54. The fraction of sp³-hybridized carbons (Fsp3) is 0. The lowest BCUT2D eigenvalue weighted by atomic mass is 10.2. The lowest BCUT2D eigenvalue weighted by Gasteiger charge is -1.97. The van der Waals surface area contributed by atoms with E-state index in [2.05, 4.69) is 15.9 Å². The van der Waals surface area contributed by atoms with E-state index in [-0.39, 0.29) is 4.47 Å². The number of hydrogen-bond acceptors (Lipinski definition) is 1. The van der Waals surface area contributed by atoms with E-state index in [1.807, 2.05) is 28.7 Å². The summed E-state index contributed by atoms with van der Waals surface area (Å²) in [5.74, 6) is -0.395. The lowest BCUT2D eigenvalue weighted by Crippen LogP contribution is -1.85. The quantitative estimate of drug-likeness (QED) is 0.531. The van der Waals surface area contributed by atoms with Crippen LogP contribution in [0.3, 0.4) is 0 Å². The van der Waals surface area contributed by atoms with Crippen molar-refractivity contribution in [1.82, 2.24) is 0 Å². The van der Waals surface area contributed by atoms with Gasteiger partial charge in [0.2, 0.25) is 0 Å². The van der Waals surface area contributed by atoms with Crippen molar-refractivity contribution in [2.24, 2.45) is 0 Å². The van der Waals surface area contributed by atoms with Crippen molar-refractivity contribution in [2.45, 2.75) is 0 Å².